The molecular formula is C12H18O9. The summed E-state index contributed by atoms with van der Waals surface area (Å²) in [6.45, 7) is 0.341. The molecule has 4 rings (SSSR count). The van der Waals surface area contributed by atoms with E-state index in [0.29, 0.717) is 0 Å². The van der Waals surface area contributed by atoms with Gasteiger partial charge >= 0.3 is 0 Å². The van der Waals surface area contributed by atoms with Gasteiger partial charge in [0.25, 0.3) is 0 Å². The van der Waals surface area contributed by atoms with Crippen LogP contribution in [0, 0.1) is 0 Å². The minimum Gasteiger partial charge on any atom is -0.387 e. The Morgan fingerprint density at radius 3 is 1.52 bits per heavy atom. The van der Waals surface area contributed by atoms with E-state index < -0.39 is 61.4 Å². The molecule has 0 aromatic rings. The molecule has 4 bridgehead atoms. The molecule has 120 valence electrons. The van der Waals surface area contributed by atoms with Crippen molar-refractivity contribution in [2.45, 2.75) is 61.4 Å². The van der Waals surface area contributed by atoms with Gasteiger partial charge in [0.05, 0.1) is 13.2 Å². The van der Waals surface area contributed by atoms with Crippen molar-refractivity contribution < 1.29 is 44.1 Å². The van der Waals surface area contributed by atoms with Crippen molar-refractivity contribution in [2.24, 2.45) is 0 Å². The molecule has 0 aromatic carbocycles. The van der Waals surface area contributed by atoms with E-state index in [0.717, 1.165) is 0 Å². The summed E-state index contributed by atoms with van der Waals surface area (Å²) < 4.78 is 26.8. The molecule has 0 amide bonds. The molecule has 4 fully saturated rings. The van der Waals surface area contributed by atoms with E-state index in [-0.39, 0.29) is 13.2 Å². The van der Waals surface area contributed by atoms with Gasteiger partial charge in [-0.3, -0.25) is 0 Å². The monoisotopic (exact) mass is 306 g/mol. The highest BCUT2D eigenvalue weighted by Crippen LogP contribution is 2.34. The van der Waals surface area contributed by atoms with Crippen molar-refractivity contribution in [3.8, 4) is 0 Å². The van der Waals surface area contributed by atoms with E-state index in [4.69, 9.17) is 23.7 Å². The Hall–Kier alpha value is -0.360. The summed E-state index contributed by atoms with van der Waals surface area (Å²) in [6.07, 6.45) is -9.09. The first-order valence-corrected chi connectivity index (χ1v) is 6.98. The van der Waals surface area contributed by atoms with Crippen LogP contribution in [0.4, 0.5) is 0 Å². The fourth-order valence-corrected chi connectivity index (χ4v) is 3.24. The van der Waals surface area contributed by atoms with Crippen LogP contribution < -0.4 is 0 Å². The van der Waals surface area contributed by atoms with Crippen LogP contribution in [-0.4, -0.2) is 95.1 Å². The molecule has 10 atom stereocenters. The second-order valence-electron chi connectivity index (χ2n) is 5.78. The van der Waals surface area contributed by atoms with Crippen LogP contribution in [0.15, 0.2) is 0 Å². The minimum absolute atomic E-state index is 0.171. The van der Waals surface area contributed by atoms with Gasteiger partial charge < -0.3 is 44.1 Å². The number of rotatable bonds is 2. The summed E-state index contributed by atoms with van der Waals surface area (Å²) in [7, 11) is 0. The van der Waals surface area contributed by atoms with Crippen molar-refractivity contribution in [2.75, 3.05) is 13.2 Å². The highest BCUT2D eigenvalue weighted by atomic mass is 16.8. The predicted molar refractivity (Wildman–Crippen MR) is 61.9 cm³/mol. The molecule has 0 saturated carbocycles. The van der Waals surface area contributed by atoms with Gasteiger partial charge in [0.2, 0.25) is 0 Å². The molecule has 0 radical (unpaired) electrons. The Morgan fingerprint density at radius 1 is 0.667 bits per heavy atom. The van der Waals surface area contributed by atoms with Crippen molar-refractivity contribution in [1.29, 1.82) is 0 Å². The fourth-order valence-electron chi connectivity index (χ4n) is 3.24. The molecule has 21 heavy (non-hydrogen) atoms. The zero-order chi connectivity index (χ0) is 14.7. The van der Waals surface area contributed by atoms with Crippen LogP contribution in [0.25, 0.3) is 0 Å². The van der Waals surface area contributed by atoms with Crippen LogP contribution in [0.5, 0.6) is 0 Å². The molecule has 0 aromatic heterocycles. The highest BCUT2D eigenvalue weighted by molar-refractivity contribution is 4.98. The van der Waals surface area contributed by atoms with Crippen molar-refractivity contribution >= 4 is 0 Å². The Bertz CT molecular complexity index is 370. The van der Waals surface area contributed by atoms with Crippen molar-refractivity contribution in [3.05, 3.63) is 0 Å². The van der Waals surface area contributed by atoms with Crippen LogP contribution in [-0.2, 0) is 23.7 Å². The van der Waals surface area contributed by atoms with E-state index >= 15 is 0 Å². The first-order valence-electron chi connectivity index (χ1n) is 6.98. The molecule has 4 heterocycles. The third-order valence-corrected chi connectivity index (χ3v) is 4.46. The second kappa shape index (κ2) is 5.08. The molecular weight excluding hydrogens is 288 g/mol. The van der Waals surface area contributed by atoms with Gasteiger partial charge in [0, 0.05) is 0 Å². The van der Waals surface area contributed by atoms with Crippen molar-refractivity contribution in [3.63, 3.8) is 0 Å². The number of aliphatic hydroxyl groups excluding tert-OH is 4. The number of ether oxygens (including phenoxy) is 5. The van der Waals surface area contributed by atoms with Gasteiger partial charge in [-0.15, -0.1) is 0 Å². The lowest BCUT2D eigenvalue weighted by Gasteiger charge is -2.40. The molecule has 4 aliphatic rings. The van der Waals surface area contributed by atoms with Crippen LogP contribution >= 0.6 is 0 Å². The highest BCUT2D eigenvalue weighted by Gasteiger charge is 2.55. The number of hydrogen-bond acceptors (Lipinski definition) is 9. The van der Waals surface area contributed by atoms with Crippen LogP contribution in [0.2, 0.25) is 0 Å². The van der Waals surface area contributed by atoms with Gasteiger partial charge in [-0.2, -0.15) is 0 Å². The molecule has 9 nitrogen and oxygen atoms in total. The fraction of sp³-hybridized carbons (Fsp3) is 1.00. The van der Waals surface area contributed by atoms with Crippen LogP contribution in [0.3, 0.4) is 0 Å². The minimum atomic E-state index is -1.19. The average molecular weight is 306 g/mol. The average Bonchev–Trinajstić information content (AvgIpc) is 2.87. The normalized spacial score (nSPS) is 59.4. The Labute approximate surface area is 119 Å². The molecule has 9 heteroatoms. The molecule has 4 saturated heterocycles. The van der Waals surface area contributed by atoms with E-state index in [1.807, 2.05) is 0 Å². The Morgan fingerprint density at radius 2 is 1.10 bits per heavy atom. The molecule has 4 N–H and O–H groups in total. The molecule has 0 spiro atoms. The Balaban J connectivity index is 1.45. The number of fused-ring (bicyclic) bond motifs is 4. The van der Waals surface area contributed by atoms with Gasteiger partial charge in [-0.25, -0.2) is 0 Å². The quantitative estimate of drug-likeness (QED) is 0.415. The van der Waals surface area contributed by atoms with Gasteiger partial charge in [0.15, 0.2) is 12.6 Å². The molecule has 4 aliphatic heterocycles. The molecule has 0 aliphatic carbocycles. The van der Waals surface area contributed by atoms with E-state index in [1.165, 1.54) is 0 Å². The van der Waals surface area contributed by atoms with E-state index in [1.54, 1.807) is 0 Å². The summed E-state index contributed by atoms with van der Waals surface area (Å²) in [6, 6.07) is 0. The lowest BCUT2D eigenvalue weighted by molar-refractivity contribution is -0.347. The van der Waals surface area contributed by atoms with Crippen LogP contribution in [0.1, 0.15) is 0 Å². The third-order valence-electron chi connectivity index (χ3n) is 4.46. The summed E-state index contributed by atoms with van der Waals surface area (Å²) in [5.41, 5.74) is 0. The summed E-state index contributed by atoms with van der Waals surface area (Å²) >= 11 is 0. The topological polar surface area (TPSA) is 127 Å². The van der Waals surface area contributed by atoms with Gasteiger partial charge in [-0.1, -0.05) is 0 Å². The molecule has 2 unspecified atom stereocenters. The third kappa shape index (κ3) is 2.12. The number of hydrogen-bond donors (Lipinski definition) is 4. The summed E-state index contributed by atoms with van der Waals surface area (Å²) in [4.78, 5) is 0. The maximum atomic E-state index is 10.1. The zero-order valence-electron chi connectivity index (χ0n) is 11.0. The zero-order valence-corrected chi connectivity index (χ0v) is 11.0. The summed E-state index contributed by atoms with van der Waals surface area (Å²) in [5, 5.41) is 39.7. The largest absolute Gasteiger partial charge is 0.387 e. The van der Waals surface area contributed by atoms with Gasteiger partial charge in [-0.05, 0) is 0 Å². The lowest BCUT2D eigenvalue weighted by atomic mass is 10.0. The predicted octanol–water partition coefficient (Wildman–Crippen LogP) is -3.31. The van der Waals surface area contributed by atoms with E-state index in [2.05, 4.69) is 0 Å². The van der Waals surface area contributed by atoms with Crippen molar-refractivity contribution in [1.82, 2.24) is 0 Å². The lowest BCUT2D eigenvalue weighted by Crippen LogP contribution is -2.59. The Kier molecular flexibility index (Phi) is 3.45. The first-order chi connectivity index (χ1) is 10.1. The van der Waals surface area contributed by atoms with Gasteiger partial charge in [0.1, 0.15) is 48.8 Å². The smallest absolute Gasteiger partial charge is 0.189 e. The second-order valence-corrected chi connectivity index (χ2v) is 5.78. The SMILES string of the molecule is OC1[C@@H]2CO[C@H]1[C@@H](O)[C@@H](O[C@H]1O[C@H]3CO[C@H](C3O)[C@H]1O)O2. The summed E-state index contributed by atoms with van der Waals surface area (Å²) in [5.74, 6) is 0. The number of aliphatic hydroxyl groups is 4. The first kappa shape index (κ1) is 14.2. The van der Waals surface area contributed by atoms with E-state index in [9.17, 15) is 20.4 Å². The maximum absolute atomic E-state index is 10.1. The standard InChI is InChI=1S/C12H18O9/c13-5-3-1-17-9(5)7(15)11(19-3)21-12-8(16)10-6(14)4(20-12)2-18-10/h3-16H,1-2H2/t3-,4-,5?,6?,7+,8+,9+,10+,11+,12+/m0/s1. The maximum Gasteiger partial charge on any atom is 0.189 e.